The summed E-state index contributed by atoms with van der Waals surface area (Å²) in [7, 11) is 4.13. The summed E-state index contributed by atoms with van der Waals surface area (Å²) in [6, 6.07) is 12.5. The molecule has 130 valence electrons. The second-order valence-corrected chi connectivity index (χ2v) is 6.38. The molecular formula is C21H26N4. The van der Waals surface area contributed by atoms with E-state index in [4.69, 9.17) is 0 Å². The molecule has 2 aromatic rings. The molecular weight excluding hydrogens is 308 g/mol. The van der Waals surface area contributed by atoms with Crippen molar-refractivity contribution < 1.29 is 0 Å². The Balaban J connectivity index is 1.74. The highest BCUT2D eigenvalue weighted by Crippen LogP contribution is 2.44. The summed E-state index contributed by atoms with van der Waals surface area (Å²) in [5.41, 5.74) is 3.34. The standard InChI is InChI=1S/C21H26N4/c1-5-6-7-10-15-23(3)21-14-13-18(16-22-21)25-17(2)24(4)19-11-8-9-12-20(19)25/h5,8-9,11-14,16H,1-2,6-7,10,15H2,3-4H3. The lowest BCUT2D eigenvalue weighted by molar-refractivity contribution is 0.725. The van der Waals surface area contributed by atoms with Gasteiger partial charge in [-0.3, -0.25) is 4.90 Å². The van der Waals surface area contributed by atoms with Crippen molar-refractivity contribution in [2.75, 3.05) is 35.3 Å². The van der Waals surface area contributed by atoms with Gasteiger partial charge in [0.05, 0.1) is 23.3 Å². The lowest BCUT2D eigenvalue weighted by atomic mass is 10.2. The van der Waals surface area contributed by atoms with Crippen molar-refractivity contribution in [3.63, 3.8) is 0 Å². The highest BCUT2D eigenvalue weighted by Gasteiger charge is 2.28. The van der Waals surface area contributed by atoms with Crippen molar-refractivity contribution in [1.29, 1.82) is 0 Å². The van der Waals surface area contributed by atoms with Gasteiger partial charge >= 0.3 is 0 Å². The molecule has 4 heteroatoms. The summed E-state index contributed by atoms with van der Waals surface area (Å²) in [5.74, 6) is 1.93. The Morgan fingerprint density at radius 3 is 2.56 bits per heavy atom. The van der Waals surface area contributed by atoms with Gasteiger partial charge < -0.3 is 9.80 Å². The van der Waals surface area contributed by atoms with E-state index in [0.717, 1.165) is 48.1 Å². The third-order valence-electron chi connectivity index (χ3n) is 4.66. The van der Waals surface area contributed by atoms with Gasteiger partial charge in [-0.1, -0.05) is 24.8 Å². The van der Waals surface area contributed by atoms with E-state index in [1.807, 2.05) is 19.3 Å². The van der Waals surface area contributed by atoms with Crippen molar-refractivity contribution in [1.82, 2.24) is 4.98 Å². The fourth-order valence-corrected chi connectivity index (χ4v) is 3.14. The predicted octanol–water partition coefficient (Wildman–Crippen LogP) is 4.93. The van der Waals surface area contributed by atoms with Crippen LogP contribution >= 0.6 is 0 Å². The first kappa shape index (κ1) is 17.1. The average Bonchev–Trinajstić information content (AvgIpc) is 2.90. The number of hydrogen-bond donors (Lipinski definition) is 0. The van der Waals surface area contributed by atoms with E-state index in [0.29, 0.717) is 0 Å². The Kier molecular flexibility index (Phi) is 5.08. The lowest BCUT2D eigenvalue weighted by Gasteiger charge is -2.23. The fourth-order valence-electron chi connectivity index (χ4n) is 3.14. The average molecular weight is 334 g/mol. The number of unbranched alkanes of at least 4 members (excludes halogenated alkanes) is 2. The first-order valence-electron chi connectivity index (χ1n) is 8.73. The van der Waals surface area contributed by atoms with Crippen molar-refractivity contribution in [2.45, 2.75) is 19.3 Å². The number of nitrogens with zero attached hydrogens (tertiary/aromatic N) is 4. The molecule has 0 bridgehead atoms. The van der Waals surface area contributed by atoms with E-state index >= 15 is 0 Å². The van der Waals surface area contributed by atoms with Crippen LogP contribution in [-0.4, -0.2) is 25.6 Å². The number of aromatic nitrogens is 1. The molecule has 1 aromatic heterocycles. The maximum atomic E-state index is 4.66. The quantitative estimate of drug-likeness (QED) is 0.529. The summed E-state index contributed by atoms with van der Waals surface area (Å²) in [6.45, 7) is 9.00. The molecule has 0 amide bonds. The molecule has 0 N–H and O–H groups in total. The molecule has 1 aromatic carbocycles. The molecule has 1 aliphatic rings. The first-order valence-corrected chi connectivity index (χ1v) is 8.73. The normalized spacial score (nSPS) is 13.1. The maximum Gasteiger partial charge on any atom is 0.128 e. The summed E-state index contributed by atoms with van der Waals surface area (Å²) < 4.78 is 0. The molecule has 25 heavy (non-hydrogen) atoms. The first-order chi connectivity index (χ1) is 12.1. The van der Waals surface area contributed by atoms with E-state index in [-0.39, 0.29) is 0 Å². The predicted molar refractivity (Wildman–Crippen MR) is 108 cm³/mol. The molecule has 0 atom stereocenters. The third-order valence-corrected chi connectivity index (χ3v) is 4.66. The minimum absolute atomic E-state index is 0.938. The molecule has 0 unspecified atom stereocenters. The van der Waals surface area contributed by atoms with Gasteiger partial charge in [0.2, 0.25) is 0 Å². The van der Waals surface area contributed by atoms with Gasteiger partial charge in [0.25, 0.3) is 0 Å². The molecule has 0 radical (unpaired) electrons. The van der Waals surface area contributed by atoms with Gasteiger partial charge in [-0.2, -0.15) is 0 Å². The minimum Gasteiger partial charge on any atom is -0.360 e. The Morgan fingerprint density at radius 1 is 1.12 bits per heavy atom. The number of para-hydroxylation sites is 2. The van der Waals surface area contributed by atoms with Crippen LogP contribution in [0, 0.1) is 0 Å². The van der Waals surface area contributed by atoms with E-state index in [1.165, 1.54) is 6.42 Å². The topological polar surface area (TPSA) is 22.6 Å². The number of allylic oxidation sites excluding steroid dienone is 1. The van der Waals surface area contributed by atoms with Crippen LogP contribution in [-0.2, 0) is 0 Å². The van der Waals surface area contributed by atoms with Crippen molar-refractivity contribution >= 4 is 22.9 Å². The molecule has 0 aliphatic carbocycles. The number of pyridine rings is 1. The third kappa shape index (κ3) is 3.38. The highest BCUT2D eigenvalue weighted by atomic mass is 15.4. The largest absolute Gasteiger partial charge is 0.360 e. The van der Waals surface area contributed by atoms with Crippen molar-refractivity contribution in [2.24, 2.45) is 0 Å². The minimum atomic E-state index is 0.938. The van der Waals surface area contributed by atoms with Crippen LogP contribution in [0.25, 0.3) is 0 Å². The number of fused-ring (bicyclic) bond motifs is 1. The molecule has 0 saturated carbocycles. The van der Waals surface area contributed by atoms with E-state index in [2.05, 4.69) is 76.3 Å². The second-order valence-electron chi connectivity index (χ2n) is 6.38. The molecule has 0 fully saturated rings. The zero-order valence-electron chi connectivity index (χ0n) is 15.2. The summed E-state index contributed by atoms with van der Waals surface area (Å²) in [5, 5.41) is 0. The van der Waals surface area contributed by atoms with Crippen molar-refractivity contribution in [3.05, 3.63) is 67.6 Å². The van der Waals surface area contributed by atoms with E-state index < -0.39 is 0 Å². The molecule has 0 spiro atoms. The van der Waals surface area contributed by atoms with Crippen LogP contribution in [0.4, 0.5) is 22.9 Å². The second kappa shape index (κ2) is 7.43. The maximum absolute atomic E-state index is 4.66. The smallest absolute Gasteiger partial charge is 0.128 e. The summed E-state index contributed by atoms with van der Waals surface area (Å²) in [6.07, 6.45) is 7.29. The SMILES string of the molecule is C=CCCCCN(C)c1ccc(N2C(=C)N(C)c3ccccc32)cn1. The number of hydrogen-bond acceptors (Lipinski definition) is 4. The highest BCUT2D eigenvalue weighted by molar-refractivity contribution is 5.87. The zero-order valence-corrected chi connectivity index (χ0v) is 15.2. The summed E-state index contributed by atoms with van der Waals surface area (Å²) in [4.78, 5) is 11.1. The van der Waals surface area contributed by atoms with Gasteiger partial charge in [0.1, 0.15) is 11.6 Å². The van der Waals surface area contributed by atoms with Gasteiger partial charge in [-0.15, -0.1) is 6.58 Å². The Morgan fingerprint density at radius 2 is 1.88 bits per heavy atom. The van der Waals surface area contributed by atoms with Gasteiger partial charge in [0, 0.05) is 20.6 Å². The fraction of sp³-hybridized carbons (Fsp3) is 0.286. The monoisotopic (exact) mass is 334 g/mol. The Hall–Kier alpha value is -2.75. The van der Waals surface area contributed by atoms with Crippen LogP contribution in [0.5, 0.6) is 0 Å². The number of rotatable bonds is 7. The Bertz CT molecular complexity index is 751. The molecule has 3 rings (SSSR count). The summed E-state index contributed by atoms with van der Waals surface area (Å²) >= 11 is 0. The lowest BCUT2D eigenvalue weighted by Crippen LogP contribution is -2.22. The molecule has 4 nitrogen and oxygen atoms in total. The molecule has 2 heterocycles. The van der Waals surface area contributed by atoms with Crippen LogP contribution < -0.4 is 14.7 Å². The van der Waals surface area contributed by atoms with Crippen LogP contribution in [0.1, 0.15) is 19.3 Å². The van der Waals surface area contributed by atoms with Gasteiger partial charge in [0.15, 0.2) is 0 Å². The van der Waals surface area contributed by atoms with Gasteiger partial charge in [-0.25, -0.2) is 4.98 Å². The van der Waals surface area contributed by atoms with Crippen LogP contribution in [0.2, 0.25) is 0 Å². The zero-order chi connectivity index (χ0) is 17.8. The van der Waals surface area contributed by atoms with E-state index in [1.54, 1.807) is 0 Å². The van der Waals surface area contributed by atoms with Gasteiger partial charge in [-0.05, 0) is 43.5 Å². The van der Waals surface area contributed by atoms with Crippen molar-refractivity contribution in [3.8, 4) is 0 Å². The van der Waals surface area contributed by atoms with Crippen LogP contribution in [0.3, 0.4) is 0 Å². The number of anilines is 4. The molecule has 0 saturated heterocycles. The number of benzene rings is 1. The molecule has 1 aliphatic heterocycles. The van der Waals surface area contributed by atoms with E-state index in [9.17, 15) is 0 Å². The van der Waals surface area contributed by atoms with Crippen LogP contribution in [0.15, 0.2) is 67.6 Å². The Labute approximate surface area is 150 Å².